The Morgan fingerprint density at radius 2 is 2.00 bits per heavy atom. The first-order chi connectivity index (χ1) is 9.27. The largest absolute Gasteiger partial charge is 0.459 e. The predicted octanol–water partition coefficient (Wildman–Crippen LogP) is 2.11. The fourth-order valence-electron chi connectivity index (χ4n) is 1.79. The van der Waals surface area contributed by atoms with E-state index in [0.29, 0.717) is 12.3 Å². The molecule has 0 radical (unpaired) electrons. The molecule has 1 aromatic carbocycles. The van der Waals surface area contributed by atoms with E-state index in [4.69, 9.17) is 4.42 Å². The molecule has 1 aromatic heterocycles. The molecule has 4 nitrogen and oxygen atoms in total. The standard InChI is InChI=1S/C15H18N2O2/c1-12-5-2-3-6-13(12)11-16-8-9-17-15(18)14-7-4-10-19-14/h2-7,10,16H,8-9,11H2,1H3,(H,17,18). The van der Waals surface area contributed by atoms with Crippen molar-refractivity contribution in [1.82, 2.24) is 10.6 Å². The molecule has 0 fully saturated rings. The quantitative estimate of drug-likeness (QED) is 0.780. The monoisotopic (exact) mass is 258 g/mol. The van der Waals surface area contributed by atoms with Crippen molar-refractivity contribution in [2.75, 3.05) is 13.1 Å². The first kappa shape index (κ1) is 13.4. The molecular formula is C15H18N2O2. The highest BCUT2D eigenvalue weighted by atomic mass is 16.3. The molecule has 2 rings (SSSR count). The Kier molecular flexibility index (Phi) is 4.75. The van der Waals surface area contributed by atoms with Gasteiger partial charge in [0.25, 0.3) is 5.91 Å². The third-order valence-corrected chi connectivity index (χ3v) is 2.91. The van der Waals surface area contributed by atoms with E-state index in [9.17, 15) is 4.79 Å². The molecule has 2 N–H and O–H groups in total. The first-order valence-corrected chi connectivity index (χ1v) is 6.34. The zero-order valence-corrected chi connectivity index (χ0v) is 11.0. The molecule has 0 aliphatic rings. The average Bonchev–Trinajstić information content (AvgIpc) is 2.94. The zero-order chi connectivity index (χ0) is 13.5. The summed E-state index contributed by atoms with van der Waals surface area (Å²) < 4.78 is 5.00. The molecule has 4 heteroatoms. The number of nitrogens with one attached hydrogen (secondary N) is 2. The molecule has 0 aliphatic heterocycles. The highest BCUT2D eigenvalue weighted by Crippen LogP contribution is 2.05. The number of furan rings is 1. The van der Waals surface area contributed by atoms with Gasteiger partial charge in [-0.05, 0) is 30.2 Å². The SMILES string of the molecule is Cc1ccccc1CNCCNC(=O)c1ccco1. The Labute approximate surface area is 112 Å². The molecule has 0 saturated heterocycles. The molecule has 19 heavy (non-hydrogen) atoms. The van der Waals surface area contributed by atoms with Crippen LogP contribution in [0.4, 0.5) is 0 Å². The minimum Gasteiger partial charge on any atom is -0.459 e. The topological polar surface area (TPSA) is 54.3 Å². The van der Waals surface area contributed by atoms with E-state index >= 15 is 0 Å². The number of hydrogen-bond acceptors (Lipinski definition) is 3. The maximum Gasteiger partial charge on any atom is 0.287 e. The van der Waals surface area contributed by atoms with Gasteiger partial charge in [-0.25, -0.2) is 0 Å². The summed E-state index contributed by atoms with van der Waals surface area (Å²) in [5.74, 6) is 0.168. The fourth-order valence-corrected chi connectivity index (χ4v) is 1.79. The highest BCUT2D eigenvalue weighted by Gasteiger charge is 2.06. The second-order valence-corrected chi connectivity index (χ2v) is 4.34. The summed E-state index contributed by atoms with van der Waals surface area (Å²) in [7, 11) is 0. The minimum absolute atomic E-state index is 0.178. The van der Waals surface area contributed by atoms with Gasteiger partial charge < -0.3 is 15.1 Å². The van der Waals surface area contributed by atoms with Gasteiger partial charge in [-0.2, -0.15) is 0 Å². The Morgan fingerprint density at radius 1 is 1.16 bits per heavy atom. The molecular weight excluding hydrogens is 240 g/mol. The summed E-state index contributed by atoms with van der Waals surface area (Å²) in [6.07, 6.45) is 1.49. The maximum atomic E-state index is 11.6. The van der Waals surface area contributed by atoms with Crippen molar-refractivity contribution in [2.24, 2.45) is 0 Å². The van der Waals surface area contributed by atoms with Crippen LogP contribution in [-0.2, 0) is 6.54 Å². The number of rotatable bonds is 6. The zero-order valence-electron chi connectivity index (χ0n) is 11.0. The van der Waals surface area contributed by atoms with Gasteiger partial charge >= 0.3 is 0 Å². The van der Waals surface area contributed by atoms with Crippen LogP contribution in [0.25, 0.3) is 0 Å². The van der Waals surface area contributed by atoms with Crippen molar-refractivity contribution < 1.29 is 9.21 Å². The highest BCUT2D eigenvalue weighted by molar-refractivity contribution is 5.91. The summed E-state index contributed by atoms with van der Waals surface area (Å²) in [4.78, 5) is 11.6. The van der Waals surface area contributed by atoms with Gasteiger partial charge in [-0.15, -0.1) is 0 Å². The number of carbonyl (C=O) groups excluding carboxylic acids is 1. The second-order valence-electron chi connectivity index (χ2n) is 4.34. The van der Waals surface area contributed by atoms with E-state index in [2.05, 4.69) is 29.7 Å². The molecule has 0 spiro atoms. The number of carbonyl (C=O) groups is 1. The lowest BCUT2D eigenvalue weighted by Gasteiger charge is -2.08. The van der Waals surface area contributed by atoms with Crippen molar-refractivity contribution in [3.8, 4) is 0 Å². The summed E-state index contributed by atoms with van der Waals surface area (Å²) in [6, 6.07) is 11.6. The Morgan fingerprint density at radius 3 is 2.74 bits per heavy atom. The molecule has 0 saturated carbocycles. The molecule has 2 aromatic rings. The summed E-state index contributed by atoms with van der Waals surface area (Å²) in [5, 5.41) is 6.09. The van der Waals surface area contributed by atoms with Crippen molar-refractivity contribution >= 4 is 5.91 Å². The predicted molar refractivity (Wildman–Crippen MR) is 73.9 cm³/mol. The van der Waals surface area contributed by atoms with Crippen LogP contribution < -0.4 is 10.6 Å². The lowest BCUT2D eigenvalue weighted by molar-refractivity contribution is 0.0926. The average molecular weight is 258 g/mol. The van der Waals surface area contributed by atoms with Crippen LogP contribution >= 0.6 is 0 Å². The lowest BCUT2D eigenvalue weighted by Crippen LogP contribution is -2.31. The maximum absolute atomic E-state index is 11.6. The second kappa shape index (κ2) is 6.75. The number of hydrogen-bond donors (Lipinski definition) is 2. The van der Waals surface area contributed by atoms with Crippen LogP contribution in [0, 0.1) is 6.92 Å². The summed E-state index contributed by atoms with van der Waals surface area (Å²) >= 11 is 0. The molecule has 1 heterocycles. The molecule has 0 unspecified atom stereocenters. The van der Waals surface area contributed by atoms with E-state index in [1.165, 1.54) is 17.4 Å². The Bertz CT molecular complexity index is 521. The van der Waals surface area contributed by atoms with Gasteiger partial charge in [0, 0.05) is 19.6 Å². The lowest BCUT2D eigenvalue weighted by atomic mass is 10.1. The molecule has 0 atom stereocenters. The first-order valence-electron chi connectivity index (χ1n) is 6.34. The third-order valence-electron chi connectivity index (χ3n) is 2.91. The van der Waals surface area contributed by atoms with E-state index < -0.39 is 0 Å². The summed E-state index contributed by atoms with van der Waals surface area (Å²) in [5.41, 5.74) is 2.55. The third kappa shape index (κ3) is 3.96. The summed E-state index contributed by atoms with van der Waals surface area (Å²) in [6.45, 7) is 4.20. The Balaban J connectivity index is 1.65. The van der Waals surface area contributed by atoms with Crippen LogP contribution in [0.15, 0.2) is 47.1 Å². The van der Waals surface area contributed by atoms with Gasteiger partial charge in [0.1, 0.15) is 0 Å². The normalized spacial score (nSPS) is 10.4. The number of amides is 1. The van der Waals surface area contributed by atoms with Crippen LogP contribution in [0.5, 0.6) is 0 Å². The van der Waals surface area contributed by atoms with Crippen molar-refractivity contribution in [3.05, 3.63) is 59.5 Å². The minimum atomic E-state index is -0.178. The van der Waals surface area contributed by atoms with Gasteiger partial charge in [0.05, 0.1) is 6.26 Å². The van der Waals surface area contributed by atoms with Crippen LogP contribution in [-0.4, -0.2) is 19.0 Å². The van der Waals surface area contributed by atoms with E-state index in [0.717, 1.165) is 13.1 Å². The molecule has 1 amide bonds. The van der Waals surface area contributed by atoms with Gasteiger partial charge in [-0.1, -0.05) is 24.3 Å². The van der Waals surface area contributed by atoms with Crippen molar-refractivity contribution in [2.45, 2.75) is 13.5 Å². The Hall–Kier alpha value is -2.07. The fraction of sp³-hybridized carbons (Fsp3) is 0.267. The smallest absolute Gasteiger partial charge is 0.287 e. The number of aryl methyl sites for hydroxylation is 1. The van der Waals surface area contributed by atoms with Crippen molar-refractivity contribution in [1.29, 1.82) is 0 Å². The molecule has 0 bridgehead atoms. The van der Waals surface area contributed by atoms with Crippen molar-refractivity contribution in [3.63, 3.8) is 0 Å². The van der Waals surface area contributed by atoms with E-state index in [1.807, 2.05) is 12.1 Å². The van der Waals surface area contributed by atoms with Gasteiger partial charge in [0.2, 0.25) is 0 Å². The molecule has 0 aliphatic carbocycles. The van der Waals surface area contributed by atoms with Crippen LogP contribution in [0.2, 0.25) is 0 Å². The van der Waals surface area contributed by atoms with Gasteiger partial charge in [-0.3, -0.25) is 4.79 Å². The van der Waals surface area contributed by atoms with E-state index in [1.54, 1.807) is 12.1 Å². The van der Waals surface area contributed by atoms with Gasteiger partial charge in [0.15, 0.2) is 5.76 Å². The van der Waals surface area contributed by atoms with Crippen LogP contribution in [0.1, 0.15) is 21.7 Å². The van der Waals surface area contributed by atoms with Crippen LogP contribution in [0.3, 0.4) is 0 Å². The number of benzene rings is 1. The molecule has 100 valence electrons. The van der Waals surface area contributed by atoms with E-state index in [-0.39, 0.29) is 5.91 Å².